The van der Waals surface area contributed by atoms with Gasteiger partial charge in [0.25, 0.3) is 0 Å². The molecule has 5 aliphatic rings. The Morgan fingerprint density at radius 1 is 1.07 bits per heavy atom. The molecule has 3 heteroatoms. The van der Waals surface area contributed by atoms with Gasteiger partial charge >= 0.3 is 0 Å². The van der Waals surface area contributed by atoms with E-state index in [1.165, 1.54) is 24.8 Å². The monoisotopic (exact) mass is 366 g/mol. The van der Waals surface area contributed by atoms with E-state index in [0.717, 1.165) is 50.9 Å². The summed E-state index contributed by atoms with van der Waals surface area (Å²) in [5.41, 5.74) is 7.84. The molecule has 1 aromatic carbocycles. The van der Waals surface area contributed by atoms with Crippen LogP contribution in [0, 0.1) is 16.7 Å². The van der Waals surface area contributed by atoms with Gasteiger partial charge in [-0.1, -0.05) is 37.3 Å². The molecule has 1 amide bonds. The first-order valence-corrected chi connectivity index (χ1v) is 11.1. The smallest absolute Gasteiger partial charge is 0.227 e. The highest BCUT2D eigenvalue weighted by atomic mass is 16.2. The minimum atomic E-state index is -0.139. The number of amides is 1. The lowest BCUT2D eigenvalue weighted by Crippen LogP contribution is -2.51. The number of nitrogens with two attached hydrogens (primary N) is 1. The number of hydrogen-bond donors (Lipinski definition) is 2. The molecule has 4 bridgehead atoms. The Morgan fingerprint density at radius 3 is 2.52 bits per heavy atom. The quantitative estimate of drug-likeness (QED) is 0.835. The van der Waals surface area contributed by atoms with Crippen molar-refractivity contribution < 1.29 is 4.79 Å². The Bertz CT molecular complexity index is 725. The Labute approximate surface area is 163 Å². The Balaban J connectivity index is 1.45. The second-order valence-corrected chi connectivity index (χ2v) is 10.3. The molecular formula is C24H34N2O. The van der Waals surface area contributed by atoms with Crippen molar-refractivity contribution in [3.63, 3.8) is 0 Å². The fraction of sp³-hybridized carbons (Fsp3) is 0.708. The molecule has 0 aliphatic heterocycles. The number of rotatable bonds is 4. The summed E-state index contributed by atoms with van der Waals surface area (Å²) in [6, 6.07) is 11.8. The van der Waals surface area contributed by atoms with Gasteiger partial charge in [0.1, 0.15) is 0 Å². The summed E-state index contributed by atoms with van der Waals surface area (Å²) in [4.78, 5) is 13.8. The SMILES string of the molecule is CC[C@]12CC3CC1(C(=O)N[C@H]1CC[C@@H](N)CC1)C[C@@](c1ccccc1)(C3)C2. The molecule has 27 heavy (non-hydrogen) atoms. The molecule has 3 nitrogen and oxygen atoms in total. The molecule has 0 heterocycles. The molecule has 0 aromatic heterocycles. The van der Waals surface area contributed by atoms with Crippen molar-refractivity contribution in [2.75, 3.05) is 0 Å². The number of nitrogens with one attached hydrogen (secondary N) is 1. The third-order valence-corrected chi connectivity index (χ3v) is 8.93. The summed E-state index contributed by atoms with van der Waals surface area (Å²) in [6.45, 7) is 2.33. The van der Waals surface area contributed by atoms with E-state index in [-0.39, 0.29) is 16.2 Å². The van der Waals surface area contributed by atoms with Crippen LogP contribution in [0.4, 0.5) is 0 Å². The van der Waals surface area contributed by atoms with Crippen LogP contribution in [0.5, 0.6) is 0 Å². The van der Waals surface area contributed by atoms with Crippen LogP contribution in [0.1, 0.15) is 76.7 Å². The normalized spacial score (nSPS) is 45.2. The van der Waals surface area contributed by atoms with Crippen molar-refractivity contribution in [1.29, 1.82) is 0 Å². The summed E-state index contributed by atoms with van der Waals surface area (Å²) < 4.78 is 0. The highest BCUT2D eigenvalue weighted by Gasteiger charge is 2.73. The highest BCUT2D eigenvalue weighted by Crippen LogP contribution is 2.77. The molecule has 146 valence electrons. The van der Waals surface area contributed by atoms with E-state index in [1.807, 2.05) is 0 Å². The van der Waals surface area contributed by atoms with E-state index in [9.17, 15) is 4.79 Å². The number of carbonyl (C=O) groups is 1. The predicted octanol–water partition coefficient (Wildman–Crippen LogP) is 4.30. The van der Waals surface area contributed by atoms with Gasteiger partial charge in [0.15, 0.2) is 0 Å². The maximum absolute atomic E-state index is 13.8. The zero-order valence-electron chi connectivity index (χ0n) is 16.7. The van der Waals surface area contributed by atoms with Gasteiger partial charge in [-0.05, 0) is 86.5 Å². The van der Waals surface area contributed by atoms with E-state index >= 15 is 0 Å². The lowest BCUT2D eigenvalue weighted by molar-refractivity contribution is -0.137. The van der Waals surface area contributed by atoms with Crippen LogP contribution < -0.4 is 11.1 Å². The van der Waals surface area contributed by atoms with Crippen molar-refractivity contribution in [3.05, 3.63) is 35.9 Å². The molecule has 0 radical (unpaired) electrons. The van der Waals surface area contributed by atoms with Gasteiger partial charge in [0.2, 0.25) is 5.91 Å². The van der Waals surface area contributed by atoms with Gasteiger partial charge in [-0.3, -0.25) is 4.79 Å². The second kappa shape index (κ2) is 6.07. The third kappa shape index (κ3) is 2.46. The first kappa shape index (κ1) is 17.7. The van der Waals surface area contributed by atoms with E-state index in [0.29, 0.717) is 18.0 Å². The summed E-state index contributed by atoms with van der Waals surface area (Å²) >= 11 is 0. The molecule has 4 atom stereocenters. The van der Waals surface area contributed by atoms with Crippen LogP contribution in [0.2, 0.25) is 0 Å². The zero-order chi connectivity index (χ0) is 18.7. The predicted molar refractivity (Wildman–Crippen MR) is 108 cm³/mol. The summed E-state index contributed by atoms with van der Waals surface area (Å²) in [5, 5.41) is 3.52. The van der Waals surface area contributed by atoms with E-state index in [4.69, 9.17) is 5.73 Å². The summed E-state index contributed by atoms with van der Waals surface area (Å²) in [5.74, 6) is 1.10. The highest BCUT2D eigenvalue weighted by molar-refractivity contribution is 5.85. The van der Waals surface area contributed by atoms with Gasteiger partial charge in [0.05, 0.1) is 5.41 Å². The number of carbonyl (C=O) groups excluding carboxylic acids is 1. The molecule has 1 aromatic rings. The van der Waals surface area contributed by atoms with Gasteiger partial charge in [-0.2, -0.15) is 0 Å². The minimum Gasteiger partial charge on any atom is -0.353 e. The molecule has 5 aliphatic carbocycles. The first-order chi connectivity index (χ1) is 13.0. The maximum Gasteiger partial charge on any atom is 0.227 e. The van der Waals surface area contributed by atoms with Gasteiger partial charge in [0, 0.05) is 12.1 Å². The van der Waals surface area contributed by atoms with E-state index < -0.39 is 0 Å². The Kier molecular flexibility index (Phi) is 3.99. The van der Waals surface area contributed by atoms with Crippen molar-refractivity contribution in [2.45, 2.75) is 88.6 Å². The van der Waals surface area contributed by atoms with Crippen molar-refractivity contribution in [2.24, 2.45) is 22.5 Å². The fourth-order valence-electron chi connectivity index (χ4n) is 7.88. The Morgan fingerprint density at radius 2 is 1.81 bits per heavy atom. The molecule has 0 saturated heterocycles. The third-order valence-electron chi connectivity index (χ3n) is 8.93. The molecule has 3 N–H and O–H groups in total. The standard InChI is InChI=1S/C24H34N2O/c1-2-23-13-17-12-22(15-23,18-6-4-3-5-7-18)16-24(23,14-17)21(27)26-20-10-8-19(25)9-11-20/h3-7,17,19-20H,2,8-16,25H2,1H3,(H,26,27)/t17?,19-,20+,22-,23-,24?/m1/s1. The average Bonchev–Trinajstić information content (AvgIpc) is 3.04. The molecule has 0 spiro atoms. The van der Waals surface area contributed by atoms with Gasteiger partial charge in [-0.15, -0.1) is 0 Å². The van der Waals surface area contributed by atoms with E-state index in [1.54, 1.807) is 0 Å². The average molecular weight is 367 g/mol. The summed E-state index contributed by atoms with van der Waals surface area (Å²) in [7, 11) is 0. The number of benzene rings is 1. The lowest BCUT2D eigenvalue weighted by atomic mass is 9.63. The van der Waals surface area contributed by atoms with Crippen LogP contribution in [0.15, 0.2) is 30.3 Å². The van der Waals surface area contributed by atoms with Crippen molar-refractivity contribution >= 4 is 5.91 Å². The zero-order valence-corrected chi connectivity index (χ0v) is 16.7. The molecular weight excluding hydrogens is 332 g/mol. The topological polar surface area (TPSA) is 55.1 Å². The summed E-state index contributed by atoms with van der Waals surface area (Å²) in [6.07, 6.45) is 11.3. The fourth-order valence-corrected chi connectivity index (χ4v) is 7.88. The van der Waals surface area contributed by atoms with Crippen LogP contribution in [0.3, 0.4) is 0 Å². The minimum absolute atomic E-state index is 0.139. The van der Waals surface area contributed by atoms with Crippen LogP contribution in [0.25, 0.3) is 0 Å². The molecule has 5 fully saturated rings. The van der Waals surface area contributed by atoms with Crippen molar-refractivity contribution in [1.82, 2.24) is 5.32 Å². The van der Waals surface area contributed by atoms with Crippen LogP contribution in [-0.2, 0) is 10.2 Å². The molecule has 6 rings (SSSR count). The molecule has 2 unspecified atom stereocenters. The first-order valence-electron chi connectivity index (χ1n) is 11.1. The molecule has 5 saturated carbocycles. The second-order valence-electron chi connectivity index (χ2n) is 10.3. The lowest BCUT2D eigenvalue weighted by Gasteiger charge is -2.41. The largest absolute Gasteiger partial charge is 0.353 e. The maximum atomic E-state index is 13.8. The van der Waals surface area contributed by atoms with Crippen LogP contribution in [-0.4, -0.2) is 18.0 Å². The number of hydrogen-bond acceptors (Lipinski definition) is 2. The Hall–Kier alpha value is -1.35. The van der Waals surface area contributed by atoms with Crippen LogP contribution >= 0.6 is 0 Å². The van der Waals surface area contributed by atoms with E-state index in [2.05, 4.69) is 42.6 Å². The van der Waals surface area contributed by atoms with Crippen molar-refractivity contribution in [3.8, 4) is 0 Å². The van der Waals surface area contributed by atoms with Gasteiger partial charge in [-0.25, -0.2) is 0 Å². The van der Waals surface area contributed by atoms with Gasteiger partial charge < -0.3 is 11.1 Å².